The number of hydrogen-bond acceptors (Lipinski definition) is 16. The fourth-order valence-corrected chi connectivity index (χ4v) is 9.39. The van der Waals surface area contributed by atoms with Gasteiger partial charge in [-0.3, -0.25) is 23.2 Å². The van der Waals surface area contributed by atoms with Gasteiger partial charge in [-0.2, -0.15) is 9.29 Å². The number of carbonyl (C=O) groups excluding carboxylic acids is 2. The Morgan fingerprint density at radius 1 is 0.710 bits per heavy atom. The minimum absolute atomic E-state index is 0.0235. The third-order valence-electron chi connectivity index (χ3n) is 11.3. The van der Waals surface area contributed by atoms with Gasteiger partial charge in [0.15, 0.2) is 12.3 Å². The van der Waals surface area contributed by atoms with Gasteiger partial charge >= 0.3 is 33.3 Å². The Kier molecular flexibility index (Phi) is 29.7. The van der Waals surface area contributed by atoms with Crippen LogP contribution in [0.4, 0.5) is 5.82 Å². The van der Waals surface area contributed by atoms with Crippen LogP contribution >= 0.6 is 15.6 Å². The molecule has 0 spiro atoms. The van der Waals surface area contributed by atoms with Crippen molar-refractivity contribution in [2.75, 3.05) is 25.6 Å². The number of allylic oxidation sites excluding steroid dienone is 6. The average Bonchev–Trinajstić information content (AvgIpc) is 3.99. The fraction of sp³-hybridized carbons (Fsp3) is 0.708. The summed E-state index contributed by atoms with van der Waals surface area (Å²) in [7, 11) is -10.9. The molecule has 4 unspecified atom stereocenters. The SMILES string of the molecule is CCCCC/C=C\C/C=C\CC1OC1C/C=C\CCCC(=O)OC[C@H](COP(=O)(O)OP(=O)(O)OC[C@H]1O[C@@H](n2ccc(N)nc2=O)[C@H](O)[C@@H]1O)OC(=O)CCCCCCC/C=C\CCCCCC. The molecule has 1 aromatic rings. The molecule has 2 aliphatic rings. The molecule has 21 heteroatoms. The van der Waals surface area contributed by atoms with Crippen LogP contribution in [0.25, 0.3) is 0 Å². The number of rotatable bonds is 39. The Morgan fingerprint density at radius 3 is 1.96 bits per heavy atom. The van der Waals surface area contributed by atoms with Crippen LogP contribution in [0.3, 0.4) is 0 Å². The third kappa shape index (κ3) is 26.6. The Balaban J connectivity index is 1.42. The van der Waals surface area contributed by atoms with E-state index < -0.39 is 83.7 Å². The molecule has 69 heavy (non-hydrogen) atoms. The van der Waals surface area contributed by atoms with Gasteiger partial charge in [0.1, 0.15) is 30.7 Å². The molecule has 0 aromatic carbocycles. The maximum atomic E-state index is 12.8. The number of hydrogen-bond donors (Lipinski definition) is 5. The summed E-state index contributed by atoms with van der Waals surface area (Å²) in [6.45, 7) is 2.02. The first-order valence-corrected chi connectivity index (χ1v) is 27.8. The van der Waals surface area contributed by atoms with Crippen LogP contribution in [0.5, 0.6) is 0 Å². The molecule has 0 amide bonds. The predicted octanol–water partition coefficient (Wildman–Crippen LogP) is 8.76. The van der Waals surface area contributed by atoms with Gasteiger partial charge in [-0.15, -0.1) is 0 Å². The molecule has 19 nitrogen and oxygen atoms in total. The maximum Gasteiger partial charge on any atom is 0.481 e. The number of nitrogens with two attached hydrogens (primary N) is 1. The highest BCUT2D eigenvalue weighted by Crippen LogP contribution is 2.60. The summed E-state index contributed by atoms with van der Waals surface area (Å²) in [6.07, 6.45) is 30.8. The molecule has 0 saturated carbocycles. The van der Waals surface area contributed by atoms with Gasteiger partial charge in [0.2, 0.25) is 0 Å². The van der Waals surface area contributed by atoms with Crippen molar-refractivity contribution in [1.82, 2.24) is 9.55 Å². The zero-order valence-electron chi connectivity index (χ0n) is 40.5. The molecule has 2 aliphatic heterocycles. The Bertz CT molecular complexity index is 1910. The second kappa shape index (κ2) is 34.1. The average molecular weight is 1020 g/mol. The molecular weight excluding hydrogens is 936 g/mol. The number of ether oxygens (including phenoxy) is 4. The lowest BCUT2D eigenvalue weighted by molar-refractivity contribution is -0.161. The Morgan fingerprint density at radius 2 is 1.26 bits per heavy atom. The van der Waals surface area contributed by atoms with Crippen molar-refractivity contribution < 1.29 is 71.0 Å². The van der Waals surface area contributed by atoms with Gasteiger partial charge < -0.3 is 44.7 Å². The summed E-state index contributed by atoms with van der Waals surface area (Å²) >= 11 is 0. The smallest absolute Gasteiger partial charge is 0.462 e. The van der Waals surface area contributed by atoms with Gasteiger partial charge in [0.05, 0.1) is 25.4 Å². The van der Waals surface area contributed by atoms with Crippen LogP contribution in [0.2, 0.25) is 0 Å². The lowest BCUT2D eigenvalue weighted by atomic mass is 10.1. The lowest BCUT2D eigenvalue weighted by Gasteiger charge is -2.21. The molecule has 0 radical (unpaired) electrons. The normalized spacial score (nSPS) is 22.7. The minimum Gasteiger partial charge on any atom is -0.462 e. The van der Waals surface area contributed by atoms with E-state index in [0.29, 0.717) is 19.3 Å². The van der Waals surface area contributed by atoms with E-state index in [9.17, 15) is 43.5 Å². The van der Waals surface area contributed by atoms with Gasteiger partial charge in [-0.05, 0) is 83.1 Å². The highest BCUT2D eigenvalue weighted by Gasteiger charge is 2.46. The topological polar surface area (TPSA) is 278 Å². The van der Waals surface area contributed by atoms with E-state index in [4.69, 9.17) is 33.7 Å². The number of nitrogen functional groups attached to an aromatic ring is 1. The van der Waals surface area contributed by atoms with Crippen LogP contribution in [0.1, 0.15) is 161 Å². The number of nitrogens with zero attached hydrogens (tertiary/aromatic N) is 2. The van der Waals surface area contributed by atoms with Crippen molar-refractivity contribution in [2.24, 2.45) is 0 Å². The van der Waals surface area contributed by atoms with Gasteiger partial charge in [-0.25, -0.2) is 13.9 Å². The quantitative estimate of drug-likeness (QED) is 0.0135. The Hall–Kier alpha value is -3.32. The summed E-state index contributed by atoms with van der Waals surface area (Å²) in [5.41, 5.74) is 4.58. The molecule has 9 atom stereocenters. The van der Waals surface area contributed by atoms with Crippen LogP contribution in [-0.2, 0) is 51.0 Å². The molecule has 3 heterocycles. The molecule has 1 aromatic heterocycles. The number of esters is 2. The second-order valence-electron chi connectivity index (χ2n) is 17.3. The van der Waals surface area contributed by atoms with E-state index in [1.165, 1.54) is 51.0 Å². The van der Waals surface area contributed by atoms with Gasteiger partial charge in [0.25, 0.3) is 0 Å². The number of epoxide rings is 1. The summed E-state index contributed by atoms with van der Waals surface area (Å²) in [5, 5.41) is 20.9. The van der Waals surface area contributed by atoms with E-state index in [1.807, 2.05) is 12.2 Å². The molecule has 2 fully saturated rings. The molecule has 0 aliphatic carbocycles. The zero-order valence-corrected chi connectivity index (χ0v) is 42.3. The van der Waals surface area contributed by atoms with Crippen LogP contribution < -0.4 is 11.4 Å². The molecule has 3 rings (SSSR count). The first kappa shape index (κ1) is 60.0. The summed E-state index contributed by atoms with van der Waals surface area (Å²) in [4.78, 5) is 61.9. The number of aromatic nitrogens is 2. The highest BCUT2D eigenvalue weighted by molar-refractivity contribution is 7.61. The number of carbonyl (C=O) groups is 2. The van der Waals surface area contributed by atoms with E-state index in [-0.39, 0.29) is 30.9 Å². The lowest BCUT2D eigenvalue weighted by Crippen LogP contribution is -2.36. The minimum atomic E-state index is -5.44. The van der Waals surface area contributed by atoms with Crippen LogP contribution in [0, 0.1) is 0 Å². The van der Waals surface area contributed by atoms with Crippen molar-refractivity contribution in [2.45, 2.75) is 198 Å². The maximum absolute atomic E-state index is 12.8. The standard InChI is InChI=1S/C48H79N3O16P2/c1-3-5-7-9-11-13-14-15-16-18-20-22-28-32-44(53)64-38(35-61-43(52)31-27-24-23-26-30-40-39(65-40)29-25-21-19-17-12-10-8-6-4-2)36-62-68(57,58)67-69(59,60)63-37-41-45(54)46(55)47(66-41)51-34-33-42(49)50-48(51)56/h12-14,17,21,23,25-26,33-34,38-41,45-47,54-55H,3-11,15-16,18-20,22,24,27-32,35-37H2,1-2H3,(H,57,58)(H,59,60)(H2,49,50,56)/b14-13-,17-12-,25-21-,26-23-/t38-,39?,40?,41-,45-,46-,47-/m1/s1. The van der Waals surface area contributed by atoms with Crippen molar-refractivity contribution in [1.29, 1.82) is 0 Å². The first-order chi connectivity index (χ1) is 33.1. The number of aliphatic hydroxyl groups is 2. The number of aliphatic hydroxyl groups excluding tert-OH is 2. The molecule has 0 bridgehead atoms. The zero-order chi connectivity index (χ0) is 50.3. The van der Waals surface area contributed by atoms with Crippen LogP contribution in [-0.4, -0.2) is 97.9 Å². The third-order valence-corrected chi connectivity index (χ3v) is 13.9. The van der Waals surface area contributed by atoms with Crippen molar-refractivity contribution in [3.8, 4) is 0 Å². The summed E-state index contributed by atoms with van der Waals surface area (Å²) in [5.74, 6) is -1.38. The monoisotopic (exact) mass is 1020 g/mol. The molecule has 392 valence electrons. The van der Waals surface area contributed by atoms with Gasteiger partial charge in [-0.1, -0.05) is 114 Å². The fourth-order valence-electron chi connectivity index (χ4n) is 7.28. The second-order valence-corrected chi connectivity index (χ2v) is 20.4. The van der Waals surface area contributed by atoms with Crippen molar-refractivity contribution >= 4 is 33.4 Å². The van der Waals surface area contributed by atoms with Crippen molar-refractivity contribution in [3.63, 3.8) is 0 Å². The first-order valence-electron chi connectivity index (χ1n) is 24.8. The molecule has 2 saturated heterocycles. The van der Waals surface area contributed by atoms with Crippen LogP contribution in [0.15, 0.2) is 65.7 Å². The van der Waals surface area contributed by atoms with E-state index in [1.54, 1.807) is 0 Å². The number of phosphoric ester groups is 2. The number of unbranched alkanes of at least 4 members (excludes halogenated alkanes) is 13. The number of anilines is 1. The predicted molar refractivity (Wildman–Crippen MR) is 260 cm³/mol. The van der Waals surface area contributed by atoms with E-state index in [2.05, 4.69) is 59.6 Å². The summed E-state index contributed by atoms with van der Waals surface area (Å²) < 4.78 is 62.4. The number of phosphoric acid groups is 2. The van der Waals surface area contributed by atoms with E-state index >= 15 is 0 Å². The molecular formula is C48H79N3O16P2. The van der Waals surface area contributed by atoms with Crippen molar-refractivity contribution in [3.05, 3.63) is 71.4 Å². The Labute approximate surface area is 407 Å². The summed E-state index contributed by atoms with van der Waals surface area (Å²) in [6, 6.07) is 1.24. The largest absolute Gasteiger partial charge is 0.481 e. The highest BCUT2D eigenvalue weighted by atomic mass is 31.3. The van der Waals surface area contributed by atoms with Gasteiger partial charge in [0, 0.05) is 19.0 Å². The molecule has 6 N–H and O–H groups in total. The van der Waals surface area contributed by atoms with E-state index in [0.717, 1.165) is 75.0 Å².